The molecule has 2 heterocycles. The fourth-order valence-corrected chi connectivity index (χ4v) is 5.68. The molecular weight excluding hydrogens is 608 g/mol. The van der Waals surface area contributed by atoms with Gasteiger partial charge < -0.3 is 10.5 Å². The molecule has 0 spiro atoms. The minimum atomic E-state index is -1.22. The average Bonchev–Trinajstić information content (AvgIpc) is 3.13. The molecule has 0 amide bonds. The third kappa shape index (κ3) is 4.49. The molecule has 3 aromatic rings. The lowest BCUT2D eigenvalue weighted by Gasteiger charge is -2.25. The molecule has 0 bridgehead atoms. The van der Waals surface area contributed by atoms with Crippen molar-refractivity contribution in [1.82, 2.24) is 4.57 Å². The molecule has 0 fully saturated rings. The predicted octanol–water partition coefficient (Wildman–Crippen LogP) is 3.70. The molecule has 35 heavy (non-hydrogen) atoms. The number of nitrogens with two attached hydrogens (primary N) is 1. The van der Waals surface area contributed by atoms with Crippen molar-refractivity contribution in [2.75, 3.05) is 6.61 Å². The summed E-state index contributed by atoms with van der Waals surface area (Å²) in [5, 5.41) is 9.95. The average molecular weight is 623 g/mol. The van der Waals surface area contributed by atoms with Gasteiger partial charge in [0.1, 0.15) is 22.1 Å². The number of carbonyl (C=O) groups excluding carboxylic acids is 1. The summed E-state index contributed by atoms with van der Waals surface area (Å²) < 4.78 is 36.8. The van der Waals surface area contributed by atoms with Gasteiger partial charge in [-0.3, -0.25) is 9.36 Å². The van der Waals surface area contributed by atoms with Crippen LogP contribution in [0.2, 0.25) is 0 Å². The summed E-state index contributed by atoms with van der Waals surface area (Å²) in [6.07, 6.45) is 1.33. The van der Waals surface area contributed by atoms with Crippen LogP contribution in [0.5, 0.6) is 0 Å². The Kier molecular flexibility index (Phi) is 7.07. The van der Waals surface area contributed by atoms with Gasteiger partial charge in [-0.1, -0.05) is 31.9 Å². The number of aromatic nitrogens is 1. The van der Waals surface area contributed by atoms with Gasteiger partial charge in [0.15, 0.2) is 0 Å². The zero-order valence-corrected chi connectivity index (χ0v) is 21.9. The number of ether oxygens (including phenoxy) is 1. The van der Waals surface area contributed by atoms with E-state index in [9.17, 15) is 23.6 Å². The van der Waals surface area contributed by atoms with Crippen LogP contribution in [0.15, 0.2) is 55.7 Å². The Labute approximate surface area is 218 Å². The molecule has 1 atom stereocenters. The van der Waals surface area contributed by atoms with Crippen molar-refractivity contribution in [3.05, 3.63) is 93.2 Å². The molecule has 6 nitrogen and oxygen atoms in total. The largest absolute Gasteiger partial charge is 0.463 e. The van der Waals surface area contributed by atoms with Gasteiger partial charge in [0, 0.05) is 20.1 Å². The molecule has 0 aliphatic carbocycles. The van der Waals surface area contributed by atoms with E-state index in [0.717, 1.165) is 15.9 Å². The minimum Gasteiger partial charge on any atom is -0.463 e. The fourth-order valence-electron chi connectivity index (χ4n) is 3.77. The lowest BCUT2D eigenvalue weighted by Crippen LogP contribution is -2.40. The van der Waals surface area contributed by atoms with Crippen molar-refractivity contribution in [2.45, 2.75) is 12.8 Å². The Morgan fingerprint density at radius 3 is 2.54 bits per heavy atom. The minimum absolute atomic E-state index is 0.00887. The number of hydrogen-bond donors (Lipinski definition) is 1. The third-order valence-electron chi connectivity index (χ3n) is 5.28. The number of nitrogens with zero attached hydrogens (tertiary/aromatic N) is 2. The number of fused-ring (bicyclic) bond motifs is 1. The molecule has 4 rings (SSSR count). The maximum atomic E-state index is 15.0. The molecule has 1 aliphatic heterocycles. The molecule has 11 heteroatoms. The number of esters is 1. The van der Waals surface area contributed by atoms with Crippen LogP contribution in [0.25, 0.3) is 17.5 Å². The van der Waals surface area contributed by atoms with E-state index in [0.29, 0.717) is 8.95 Å². The molecular formula is C24H15Br2F2N3O3S. The SMILES string of the molecule is CCOC(=O)C1=c2s/c(=C/c3cc(Br)ccc3F)c(=O)n2C(N)=C(C#N)C1c1cc(Br)ccc1F. The standard InChI is InChI=1S/C24H15Br2F2N3O3S/c1-2-34-24(33)20-19(14-9-13(26)4-6-17(14)28)15(10-29)21(30)31-22(32)18(35-23(20)31)8-11-7-12(25)3-5-16(11)27/h3-9,19H,2,30H2,1H3/b18-8+. The van der Waals surface area contributed by atoms with E-state index in [1.54, 1.807) is 6.92 Å². The second-order valence-corrected chi connectivity index (χ2v) is 10.2. The number of benzene rings is 2. The van der Waals surface area contributed by atoms with Crippen molar-refractivity contribution in [2.24, 2.45) is 5.73 Å². The summed E-state index contributed by atoms with van der Waals surface area (Å²) in [6.45, 7) is 1.61. The lowest BCUT2D eigenvalue weighted by molar-refractivity contribution is -0.136. The zero-order valence-electron chi connectivity index (χ0n) is 17.9. The molecule has 1 aromatic heterocycles. The van der Waals surface area contributed by atoms with E-state index >= 15 is 0 Å². The first-order valence-electron chi connectivity index (χ1n) is 10.1. The number of halogens is 4. The number of thiazole rings is 1. The summed E-state index contributed by atoms with van der Waals surface area (Å²) in [7, 11) is 0. The van der Waals surface area contributed by atoms with E-state index < -0.39 is 29.1 Å². The van der Waals surface area contributed by atoms with E-state index in [-0.39, 0.29) is 43.9 Å². The fraction of sp³-hybridized carbons (Fsp3) is 0.125. The Morgan fingerprint density at radius 1 is 1.23 bits per heavy atom. The van der Waals surface area contributed by atoms with Crippen LogP contribution < -0.4 is 20.5 Å². The van der Waals surface area contributed by atoms with Crippen molar-refractivity contribution < 1.29 is 18.3 Å². The van der Waals surface area contributed by atoms with Crippen molar-refractivity contribution in [3.63, 3.8) is 0 Å². The first-order valence-corrected chi connectivity index (χ1v) is 12.5. The van der Waals surface area contributed by atoms with E-state index in [1.165, 1.54) is 42.5 Å². The van der Waals surface area contributed by atoms with Crippen LogP contribution >= 0.6 is 43.2 Å². The normalized spacial score (nSPS) is 15.7. The van der Waals surface area contributed by atoms with Gasteiger partial charge in [-0.25, -0.2) is 13.6 Å². The molecule has 0 saturated carbocycles. The number of carbonyl (C=O) groups is 1. The molecule has 178 valence electrons. The molecule has 0 radical (unpaired) electrons. The van der Waals surface area contributed by atoms with Crippen LogP contribution in [0.3, 0.4) is 0 Å². The van der Waals surface area contributed by atoms with E-state index in [2.05, 4.69) is 31.9 Å². The lowest BCUT2D eigenvalue weighted by atomic mass is 9.83. The maximum absolute atomic E-state index is 15.0. The Morgan fingerprint density at radius 2 is 1.89 bits per heavy atom. The van der Waals surface area contributed by atoms with Crippen LogP contribution in [0.1, 0.15) is 24.0 Å². The monoisotopic (exact) mass is 621 g/mol. The first kappa shape index (κ1) is 25.0. The smallest absolute Gasteiger partial charge is 0.338 e. The zero-order chi connectivity index (χ0) is 25.4. The third-order valence-corrected chi connectivity index (χ3v) is 7.37. The molecule has 0 saturated heterocycles. The Hall–Kier alpha value is -3.07. The van der Waals surface area contributed by atoms with Gasteiger partial charge in [0.2, 0.25) is 0 Å². The quantitative estimate of drug-likeness (QED) is 0.448. The first-order chi connectivity index (χ1) is 16.7. The Balaban J connectivity index is 2.14. The summed E-state index contributed by atoms with van der Waals surface area (Å²) in [4.78, 5) is 26.4. The second-order valence-electron chi connectivity index (χ2n) is 7.37. The summed E-state index contributed by atoms with van der Waals surface area (Å²) in [5.41, 5.74) is 5.45. The van der Waals surface area contributed by atoms with Gasteiger partial charge in [-0.2, -0.15) is 5.26 Å². The van der Waals surface area contributed by atoms with Crippen LogP contribution in [0, 0.1) is 23.0 Å². The predicted molar refractivity (Wildman–Crippen MR) is 135 cm³/mol. The van der Waals surface area contributed by atoms with E-state index in [4.69, 9.17) is 10.5 Å². The summed E-state index contributed by atoms with van der Waals surface area (Å²) in [5.74, 6) is -3.52. The highest BCUT2D eigenvalue weighted by Gasteiger charge is 2.37. The molecule has 2 N–H and O–H groups in total. The van der Waals surface area contributed by atoms with Gasteiger partial charge in [0.25, 0.3) is 5.56 Å². The summed E-state index contributed by atoms with van der Waals surface area (Å²) in [6, 6.07) is 10.3. The van der Waals surface area contributed by atoms with Gasteiger partial charge >= 0.3 is 5.97 Å². The highest BCUT2D eigenvalue weighted by Crippen LogP contribution is 2.38. The van der Waals surface area contributed by atoms with Crippen LogP contribution in [-0.4, -0.2) is 17.1 Å². The summed E-state index contributed by atoms with van der Waals surface area (Å²) >= 11 is 7.43. The Bertz CT molecular complexity index is 1640. The second kappa shape index (κ2) is 9.89. The van der Waals surface area contributed by atoms with Crippen molar-refractivity contribution in [3.8, 4) is 6.07 Å². The number of rotatable bonds is 4. The number of allylic oxidation sites excluding steroid dienone is 1. The van der Waals surface area contributed by atoms with Gasteiger partial charge in [-0.05, 0) is 49.4 Å². The molecule has 2 aromatic carbocycles. The molecule has 1 aliphatic rings. The van der Waals surface area contributed by atoms with Gasteiger partial charge in [0.05, 0.1) is 34.3 Å². The highest BCUT2D eigenvalue weighted by atomic mass is 79.9. The van der Waals surface area contributed by atoms with Crippen molar-refractivity contribution in [1.29, 1.82) is 5.26 Å². The van der Waals surface area contributed by atoms with Crippen molar-refractivity contribution >= 4 is 66.6 Å². The molecule has 1 unspecified atom stereocenters. The number of nitriles is 1. The highest BCUT2D eigenvalue weighted by molar-refractivity contribution is 9.10. The maximum Gasteiger partial charge on any atom is 0.338 e. The van der Waals surface area contributed by atoms with Gasteiger partial charge in [-0.15, -0.1) is 11.3 Å². The van der Waals surface area contributed by atoms with E-state index in [1.807, 2.05) is 6.07 Å². The number of hydrogen-bond acceptors (Lipinski definition) is 6. The van der Waals surface area contributed by atoms with Crippen LogP contribution in [-0.2, 0) is 9.53 Å². The topological polar surface area (TPSA) is 98.1 Å². The van der Waals surface area contributed by atoms with Crippen LogP contribution in [0.4, 0.5) is 8.78 Å².